The number of carbonyl (C=O) groups is 1. The quantitative estimate of drug-likeness (QED) is 0.632. The summed E-state index contributed by atoms with van der Waals surface area (Å²) >= 11 is 5.94. The van der Waals surface area contributed by atoms with E-state index in [0.717, 1.165) is 19.4 Å². The molecule has 0 aromatic carbocycles. The van der Waals surface area contributed by atoms with Crippen LogP contribution in [-0.2, 0) is 4.74 Å². The Morgan fingerprint density at radius 3 is 2.67 bits per heavy atom. The second-order valence-electron chi connectivity index (χ2n) is 3.49. The van der Waals surface area contributed by atoms with Crippen molar-refractivity contribution in [1.29, 1.82) is 0 Å². The smallest absolute Gasteiger partial charge is 0.362 e. The zero-order valence-corrected chi connectivity index (χ0v) is 11.4. The minimum atomic E-state index is -0.638. The first kappa shape index (κ1) is 14.5. The van der Waals surface area contributed by atoms with Crippen LogP contribution >= 0.6 is 11.6 Å². The van der Waals surface area contributed by atoms with E-state index in [2.05, 4.69) is 26.9 Å². The molecule has 1 heterocycles. The summed E-state index contributed by atoms with van der Waals surface area (Å²) in [6.45, 7) is 2.81. The summed E-state index contributed by atoms with van der Waals surface area (Å²) in [6.07, 6.45) is 2.04. The van der Waals surface area contributed by atoms with Crippen molar-refractivity contribution in [2.24, 2.45) is 0 Å². The number of esters is 1. The highest BCUT2D eigenvalue weighted by Gasteiger charge is 2.19. The van der Waals surface area contributed by atoms with Crippen LogP contribution in [0.4, 0.5) is 5.82 Å². The summed E-state index contributed by atoms with van der Waals surface area (Å²) < 4.78 is 9.57. The standard InChI is InChI=1S/C11H16ClN3O3/c1-4-5-6-13-9-8(12)14-7(11(16)18-3)10(15-9)17-2/h4-6H2,1-3H3,(H,13,15). The molecule has 1 aromatic heterocycles. The molecule has 0 saturated heterocycles. The molecule has 0 saturated carbocycles. The first-order chi connectivity index (χ1) is 8.63. The van der Waals surface area contributed by atoms with Crippen LogP contribution in [0.5, 0.6) is 5.88 Å². The number of rotatable bonds is 6. The summed E-state index contributed by atoms with van der Waals surface area (Å²) in [6, 6.07) is 0. The monoisotopic (exact) mass is 273 g/mol. The van der Waals surface area contributed by atoms with E-state index in [9.17, 15) is 4.79 Å². The van der Waals surface area contributed by atoms with Crippen LogP contribution in [0.15, 0.2) is 0 Å². The number of carbonyl (C=O) groups excluding carboxylic acids is 1. The molecule has 0 atom stereocenters. The Morgan fingerprint density at radius 1 is 1.39 bits per heavy atom. The van der Waals surface area contributed by atoms with E-state index >= 15 is 0 Å². The average Bonchev–Trinajstić information content (AvgIpc) is 2.39. The van der Waals surface area contributed by atoms with Gasteiger partial charge in [-0.05, 0) is 6.42 Å². The minimum absolute atomic E-state index is 0.0361. The van der Waals surface area contributed by atoms with Crippen molar-refractivity contribution >= 4 is 23.4 Å². The number of nitrogens with zero attached hydrogens (tertiary/aromatic N) is 2. The molecule has 7 heteroatoms. The van der Waals surface area contributed by atoms with Crippen LogP contribution in [-0.4, -0.2) is 36.7 Å². The fourth-order valence-electron chi connectivity index (χ4n) is 1.27. The lowest BCUT2D eigenvalue weighted by Crippen LogP contribution is -2.12. The van der Waals surface area contributed by atoms with Gasteiger partial charge in [-0.3, -0.25) is 0 Å². The Hall–Kier alpha value is -1.56. The van der Waals surface area contributed by atoms with Gasteiger partial charge in [-0.1, -0.05) is 24.9 Å². The maximum Gasteiger partial charge on any atom is 0.362 e. The molecule has 100 valence electrons. The third-order valence-electron chi connectivity index (χ3n) is 2.22. The van der Waals surface area contributed by atoms with Gasteiger partial charge >= 0.3 is 5.97 Å². The number of anilines is 1. The van der Waals surface area contributed by atoms with Gasteiger partial charge in [0.05, 0.1) is 14.2 Å². The Balaban J connectivity index is 2.98. The first-order valence-electron chi connectivity index (χ1n) is 5.57. The SMILES string of the molecule is CCCCNc1nc(OC)c(C(=O)OC)nc1Cl. The molecular formula is C11H16ClN3O3. The molecule has 1 aromatic rings. The van der Waals surface area contributed by atoms with E-state index < -0.39 is 5.97 Å². The van der Waals surface area contributed by atoms with Gasteiger partial charge in [-0.2, -0.15) is 4.98 Å². The lowest BCUT2D eigenvalue weighted by atomic mass is 10.3. The maximum absolute atomic E-state index is 11.4. The van der Waals surface area contributed by atoms with Gasteiger partial charge in [-0.15, -0.1) is 0 Å². The molecule has 0 amide bonds. The molecule has 0 aliphatic heterocycles. The number of aromatic nitrogens is 2. The number of ether oxygens (including phenoxy) is 2. The number of nitrogens with one attached hydrogen (secondary N) is 1. The second kappa shape index (κ2) is 7.00. The number of unbranched alkanes of at least 4 members (excludes halogenated alkanes) is 1. The van der Waals surface area contributed by atoms with Crippen molar-refractivity contribution in [2.75, 3.05) is 26.1 Å². The lowest BCUT2D eigenvalue weighted by Gasteiger charge is -2.10. The fourth-order valence-corrected chi connectivity index (χ4v) is 1.46. The van der Waals surface area contributed by atoms with Crippen LogP contribution < -0.4 is 10.1 Å². The molecule has 0 bridgehead atoms. The largest absolute Gasteiger partial charge is 0.479 e. The Labute approximate surface area is 111 Å². The fraction of sp³-hybridized carbons (Fsp3) is 0.545. The van der Waals surface area contributed by atoms with Gasteiger partial charge in [0.2, 0.25) is 11.6 Å². The Morgan fingerprint density at radius 2 is 2.11 bits per heavy atom. The van der Waals surface area contributed by atoms with Crippen molar-refractivity contribution in [2.45, 2.75) is 19.8 Å². The van der Waals surface area contributed by atoms with E-state index in [4.69, 9.17) is 16.3 Å². The van der Waals surface area contributed by atoms with Crippen LogP contribution in [0, 0.1) is 0 Å². The van der Waals surface area contributed by atoms with E-state index in [0.29, 0.717) is 5.82 Å². The number of methoxy groups -OCH3 is 2. The van der Waals surface area contributed by atoms with E-state index in [1.165, 1.54) is 14.2 Å². The molecule has 1 rings (SSSR count). The van der Waals surface area contributed by atoms with Gasteiger partial charge in [0.25, 0.3) is 0 Å². The van der Waals surface area contributed by atoms with Crippen molar-refractivity contribution in [3.63, 3.8) is 0 Å². The summed E-state index contributed by atoms with van der Waals surface area (Å²) in [7, 11) is 2.66. The highest BCUT2D eigenvalue weighted by Crippen LogP contribution is 2.24. The normalized spacial score (nSPS) is 10.0. The van der Waals surface area contributed by atoms with Gasteiger partial charge < -0.3 is 14.8 Å². The zero-order chi connectivity index (χ0) is 13.5. The molecule has 0 aliphatic carbocycles. The van der Waals surface area contributed by atoms with E-state index in [1.54, 1.807) is 0 Å². The van der Waals surface area contributed by atoms with Crippen molar-refractivity contribution in [3.05, 3.63) is 10.8 Å². The van der Waals surface area contributed by atoms with Crippen molar-refractivity contribution < 1.29 is 14.3 Å². The summed E-state index contributed by atoms with van der Waals surface area (Å²) in [4.78, 5) is 19.5. The van der Waals surface area contributed by atoms with Crippen LogP contribution in [0.2, 0.25) is 5.15 Å². The summed E-state index contributed by atoms with van der Waals surface area (Å²) in [5.41, 5.74) is -0.0361. The van der Waals surface area contributed by atoms with Crippen LogP contribution in [0.25, 0.3) is 0 Å². The second-order valence-corrected chi connectivity index (χ2v) is 3.85. The highest BCUT2D eigenvalue weighted by molar-refractivity contribution is 6.31. The number of hydrogen-bond acceptors (Lipinski definition) is 6. The highest BCUT2D eigenvalue weighted by atomic mass is 35.5. The molecule has 18 heavy (non-hydrogen) atoms. The van der Waals surface area contributed by atoms with Gasteiger partial charge in [-0.25, -0.2) is 9.78 Å². The van der Waals surface area contributed by atoms with Crippen LogP contribution in [0.3, 0.4) is 0 Å². The molecule has 0 fully saturated rings. The van der Waals surface area contributed by atoms with Gasteiger partial charge in [0, 0.05) is 6.54 Å². The number of halogens is 1. The third-order valence-corrected chi connectivity index (χ3v) is 2.48. The molecule has 0 unspecified atom stereocenters. The lowest BCUT2D eigenvalue weighted by molar-refractivity contribution is 0.0589. The van der Waals surface area contributed by atoms with Crippen molar-refractivity contribution in [1.82, 2.24) is 9.97 Å². The summed E-state index contributed by atoms with van der Waals surface area (Å²) in [5.74, 6) is -0.152. The molecule has 6 nitrogen and oxygen atoms in total. The van der Waals surface area contributed by atoms with Crippen LogP contribution in [0.1, 0.15) is 30.3 Å². The van der Waals surface area contributed by atoms with E-state index in [-0.39, 0.29) is 16.7 Å². The molecule has 1 N–H and O–H groups in total. The number of hydrogen-bond donors (Lipinski definition) is 1. The van der Waals surface area contributed by atoms with Gasteiger partial charge in [0.1, 0.15) is 0 Å². The minimum Gasteiger partial charge on any atom is -0.479 e. The Kier molecular flexibility index (Phi) is 5.64. The van der Waals surface area contributed by atoms with Gasteiger partial charge in [0.15, 0.2) is 11.0 Å². The maximum atomic E-state index is 11.4. The van der Waals surface area contributed by atoms with E-state index in [1.807, 2.05) is 0 Å². The zero-order valence-electron chi connectivity index (χ0n) is 10.6. The average molecular weight is 274 g/mol. The molecule has 0 spiro atoms. The topological polar surface area (TPSA) is 73.3 Å². The first-order valence-corrected chi connectivity index (χ1v) is 5.95. The molecule has 0 aliphatic rings. The molecule has 0 radical (unpaired) electrons. The predicted octanol–water partition coefficient (Wildman–Crippen LogP) is 2.14. The third kappa shape index (κ3) is 3.46. The Bertz CT molecular complexity index is 426. The summed E-state index contributed by atoms with van der Waals surface area (Å²) in [5, 5.41) is 3.15. The predicted molar refractivity (Wildman–Crippen MR) is 68.3 cm³/mol. The molecular weight excluding hydrogens is 258 g/mol. The van der Waals surface area contributed by atoms with Crippen molar-refractivity contribution in [3.8, 4) is 5.88 Å².